The molecule has 1 saturated heterocycles. The molecule has 0 aliphatic carbocycles. The highest BCUT2D eigenvalue weighted by atomic mass is 35.5. The van der Waals surface area contributed by atoms with Crippen LogP contribution in [0.2, 0.25) is 0 Å². The summed E-state index contributed by atoms with van der Waals surface area (Å²) in [4.78, 5) is 0. The SMILES string of the molecule is Cl.N[C@@H](c1c(F)ccc(F)c1O)C1CCOCC1. The Labute approximate surface area is 110 Å². The van der Waals surface area contributed by atoms with Gasteiger partial charge < -0.3 is 15.6 Å². The van der Waals surface area contributed by atoms with Gasteiger partial charge in [-0.25, -0.2) is 8.78 Å². The number of phenolic OH excluding ortho intramolecular Hbond substituents is 1. The zero-order valence-electron chi connectivity index (χ0n) is 9.73. The van der Waals surface area contributed by atoms with E-state index in [-0.39, 0.29) is 23.9 Å². The summed E-state index contributed by atoms with van der Waals surface area (Å²) in [7, 11) is 0. The molecule has 0 saturated carbocycles. The first kappa shape index (κ1) is 15.1. The maximum Gasteiger partial charge on any atom is 0.165 e. The summed E-state index contributed by atoms with van der Waals surface area (Å²) < 4.78 is 32.0. The standard InChI is InChI=1S/C12H15F2NO2.ClH/c13-8-1-2-9(14)12(16)10(8)11(15)7-3-5-17-6-4-7;/h1-2,7,11,16H,3-6,15H2;1H/t11-;/m1./s1. The van der Waals surface area contributed by atoms with Gasteiger partial charge in [0.1, 0.15) is 5.82 Å². The lowest BCUT2D eigenvalue weighted by atomic mass is 9.87. The minimum Gasteiger partial charge on any atom is -0.505 e. The molecule has 1 aliphatic heterocycles. The molecule has 1 aromatic carbocycles. The van der Waals surface area contributed by atoms with Crippen molar-refractivity contribution >= 4 is 12.4 Å². The minimum absolute atomic E-state index is 0. The highest BCUT2D eigenvalue weighted by Gasteiger charge is 2.27. The molecule has 1 aromatic rings. The Balaban J connectivity index is 0.00000162. The fourth-order valence-corrected chi connectivity index (χ4v) is 2.18. The third-order valence-corrected chi connectivity index (χ3v) is 3.22. The molecule has 2 rings (SSSR count). The van der Waals surface area contributed by atoms with Crippen molar-refractivity contribution in [2.75, 3.05) is 13.2 Å². The van der Waals surface area contributed by atoms with Gasteiger partial charge in [-0.1, -0.05) is 0 Å². The fourth-order valence-electron chi connectivity index (χ4n) is 2.18. The maximum atomic E-state index is 13.6. The molecule has 18 heavy (non-hydrogen) atoms. The Morgan fingerprint density at radius 3 is 2.39 bits per heavy atom. The van der Waals surface area contributed by atoms with Crippen LogP contribution in [0.25, 0.3) is 0 Å². The van der Waals surface area contributed by atoms with Crippen molar-refractivity contribution in [3.05, 3.63) is 29.3 Å². The molecular weight excluding hydrogens is 264 g/mol. The summed E-state index contributed by atoms with van der Waals surface area (Å²) in [5.41, 5.74) is 5.79. The van der Waals surface area contributed by atoms with Crippen molar-refractivity contribution in [1.29, 1.82) is 0 Å². The zero-order valence-corrected chi connectivity index (χ0v) is 10.6. The predicted molar refractivity (Wildman–Crippen MR) is 65.7 cm³/mol. The second-order valence-corrected chi connectivity index (χ2v) is 4.27. The molecule has 1 heterocycles. The van der Waals surface area contributed by atoms with Gasteiger partial charge >= 0.3 is 0 Å². The molecule has 0 bridgehead atoms. The van der Waals surface area contributed by atoms with Gasteiger partial charge in [-0.15, -0.1) is 12.4 Å². The van der Waals surface area contributed by atoms with E-state index in [1.807, 2.05) is 0 Å². The molecule has 3 nitrogen and oxygen atoms in total. The van der Waals surface area contributed by atoms with Crippen LogP contribution in [-0.4, -0.2) is 18.3 Å². The van der Waals surface area contributed by atoms with Gasteiger partial charge in [0.2, 0.25) is 0 Å². The van der Waals surface area contributed by atoms with E-state index in [2.05, 4.69) is 0 Å². The lowest BCUT2D eigenvalue weighted by molar-refractivity contribution is 0.0576. The highest BCUT2D eigenvalue weighted by molar-refractivity contribution is 5.85. The second-order valence-electron chi connectivity index (χ2n) is 4.27. The molecule has 0 spiro atoms. The topological polar surface area (TPSA) is 55.5 Å². The van der Waals surface area contributed by atoms with Gasteiger partial charge in [-0.2, -0.15) is 0 Å². The molecule has 1 atom stereocenters. The highest BCUT2D eigenvalue weighted by Crippen LogP contribution is 2.35. The number of halogens is 3. The first-order valence-electron chi connectivity index (χ1n) is 5.61. The third kappa shape index (κ3) is 2.91. The van der Waals surface area contributed by atoms with Crippen LogP contribution in [0.15, 0.2) is 12.1 Å². The molecule has 6 heteroatoms. The van der Waals surface area contributed by atoms with Crippen LogP contribution in [-0.2, 0) is 4.74 Å². The van der Waals surface area contributed by atoms with Gasteiger partial charge in [0.05, 0.1) is 0 Å². The number of aromatic hydroxyl groups is 1. The molecule has 102 valence electrons. The molecule has 1 aliphatic rings. The van der Waals surface area contributed by atoms with E-state index in [0.29, 0.717) is 26.1 Å². The normalized spacial score (nSPS) is 18.2. The zero-order chi connectivity index (χ0) is 12.4. The van der Waals surface area contributed by atoms with Gasteiger partial charge in [-0.3, -0.25) is 0 Å². The molecule has 0 aromatic heterocycles. The monoisotopic (exact) mass is 279 g/mol. The summed E-state index contributed by atoms with van der Waals surface area (Å²) in [5, 5.41) is 9.55. The maximum absolute atomic E-state index is 13.6. The Kier molecular flexibility index (Phi) is 5.31. The van der Waals surface area contributed by atoms with Crippen LogP contribution in [0.5, 0.6) is 5.75 Å². The van der Waals surface area contributed by atoms with E-state index in [0.717, 1.165) is 12.1 Å². The van der Waals surface area contributed by atoms with E-state index in [1.165, 1.54) is 0 Å². The Hall–Kier alpha value is -0.910. The average Bonchev–Trinajstić information content (AvgIpc) is 2.35. The van der Waals surface area contributed by atoms with Crippen molar-refractivity contribution in [3.8, 4) is 5.75 Å². The Bertz CT molecular complexity index is 411. The number of rotatable bonds is 2. The van der Waals surface area contributed by atoms with Gasteiger partial charge in [0.25, 0.3) is 0 Å². The number of benzene rings is 1. The summed E-state index contributed by atoms with van der Waals surface area (Å²) >= 11 is 0. The van der Waals surface area contributed by atoms with Crippen molar-refractivity contribution in [2.24, 2.45) is 11.7 Å². The van der Waals surface area contributed by atoms with E-state index in [4.69, 9.17) is 10.5 Å². The number of hydrogen-bond acceptors (Lipinski definition) is 3. The summed E-state index contributed by atoms with van der Waals surface area (Å²) in [5.74, 6) is -2.18. The molecule has 0 unspecified atom stereocenters. The van der Waals surface area contributed by atoms with Gasteiger partial charge in [0, 0.05) is 24.8 Å². The first-order valence-corrected chi connectivity index (χ1v) is 5.61. The number of hydrogen-bond donors (Lipinski definition) is 2. The van der Waals surface area contributed by atoms with Crippen LogP contribution in [0, 0.1) is 17.6 Å². The number of nitrogens with two attached hydrogens (primary N) is 1. The number of ether oxygens (including phenoxy) is 1. The van der Waals surface area contributed by atoms with Gasteiger partial charge in [0.15, 0.2) is 11.6 Å². The Morgan fingerprint density at radius 1 is 1.22 bits per heavy atom. The smallest absolute Gasteiger partial charge is 0.165 e. The van der Waals surface area contributed by atoms with E-state index >= 15 is 0 Å². The summed E-state index contributed by atoms with van der Waals surface area (Å²) in [6, 6.07) is 1.18. The Morgan fingerprint density at radius 2 is 1.78 bits per heavy atom. The van der Waals surface area contributed by atoms with Crippen molar-refractivity contribution in [1.82, 2.24) is 0 Å². The quantitative estimate of drug-likeness (QED) is 0.875. The van der Waals surface area contributed by atoms with Crippen LogP contribution in [0.4, 0.5) is 8.78 Å². The largest absolute Gasteiger partial charge is 0.505 e. The minimum atomic E-state index is -0.844. The molecule has 1 fully saturated rings. The van der Waals surface area contributed by atoms with E-state index in [1.54, 1.807) is 0 Å². The van der Waals surface area contributed by atoms with Crippen molar-refractivity contribution < 1.29 is 18.6 Å². The lowest BCUT2D eigenvalue weighted by Crippen LogP contribution is -2.28. The number of phenols is 1. The molecule has 0 amide bonds. The van der Waals surface area contributed by atoms with E-state index < -0.39 is 23.4 Å². The predicted octanol–water partition coefficient (Wildman–Crippen LogP) is 2.52. The lowest BCUT2D eigenvalue weighted by Gasteiger charge is -2.28. The molecule has 0 radical (unpaired) electrons. The van der Waals surface area contributed by atoms with Crippen LogP contribution < -0.4 is 5.73 Å². The van der Waals surface area contributed by atoms with Crippen molar-refractivity contribution in [2.45, 2.75) is 18.9 Å². The molecular formula is C12H16ClF2NO2. The van der Waals surface area contributed by atoms with E-state index in [9.17, 15) is 13.9 Å². The second kappa shape index (κ2) is 6.31. The van der Waals surface area contributed by atoms with Crippen LogP contribution in [0.3, 0.4) is 0 Å². The van der Waals surface area contributed by atoms with Crippen molar-refractivity contribution in [3.63, 3.8) is 0 Å². The first-order chi connectivity index (χ1) is 8.11. The molecule has 3 N–H and O–H groups in total. The van der Waals surface area contributed by atoms with Crippen LogP contribution in [0.1, 0.15) is 24.4 Å². The summed E-state index contributed by atoms with van der Waals surface area (Å²) in [6.07, 6.45) is 1.38. The third-order valence-electron chi connectivity index (χ3n) is 3.22. The summed E-state index contributed by atoms with van der Waals surface area (Å²) in [6.45, 7) is 1.13. The van der Waals surface area contributed by atoms with Crippen LogP contribution >= 0.6 is 12.4 Å². The average molecular weight is 280 g/mol. The van der Waals surface area contributed by atoms with Gasteiger partial charge in [-0.05, 0) is 30.9 Å². The fraction of sp³-hybridized carbons (Fsp3) is 0.500.